The van der Waals surface area contributed by atoms with E-state index in [1.54, 1.807) is 6.92 Å². The number of ether oxygens (including phenoxy) is 3. The number of halogens is 1. The van der Waals surface area contributed by atoms with E-state index < -0.39 is 42.1 Å². The van der Waals surface area contributed by atoms with E-state index in [0.29, 0.717) is 17.3 Å². The van der Waals surface area contributed by atoms with Crippen molar-refractivity contribution in [1.82, 2.24) is 9.69 Å². The Morgan fingerprint density at radius 2 is 1.79 bits per heavy atom. The molecule has 1 atom stereocenters. The summed E-state index contributed by atoms with van der Waals surface area (Å²) in [6.07, 6.45) is 0. The fourth-order valence-electron chi connectivity index (χ4n) is 3.62. The second-order valence-corrected chi connectivity index (χ2v) is 8.60. The van der Waals surface area contributed by atoms with Gasteiger partial charge in [-0.1, -0.05) is 12.1 Å². The molecule has 0 fully saturated rings. The SMILES string of the molecule is CCOC(=O)CNC(=O)C(c1ccc(F)cc1)N(C(=O)c1snc(C(N)=O)c1N)c1ccc(OC)cc1OC. The molecule has 0 aliphatic heterocycles. The molecule has 39 heavy (non-hydrogen) atoms. The Hall–Kier alpha value is -4.72. The predicted molar refractivity (Wildman–Crippen MR) is 140 cm³/mol. The lowest BCUT2D eigenvalue weighted by atomic mass is 10.0. The van der Waals surface area contributed by atoms with Gasteiger partial charge in [0.15, 0.2) is 5.69 Å². The van der Waals surface area contributed by atoms with Crippen molar-refractivity contribution in [3.63, 3.8) is 0 Å². The summed E-state index contributed by atoms with van der Waals surface area (Å²) < 4.78 is 33.3. The summed E-state index contributed by atoms with van der Waals surface area (Å²) in [6, 6.07) is 7.85. The molecule has 1 heterocycles. The average molecular weight is 560 g/mol. The van der Waals surface area contributed by atoms with E-state index in [4.69, 9.17) is 25.7 Å². The summed E-state index contributed by atoms with van der Waals surface area (Å²) in [5.41, 5.74) is 11.1. The van der Waals surface area contributed by atoms with Crippen LogP contribution in [0.3, 0.4) is 0 Å². The lowest BCUT2D eigenvalue weighted by Gasteiger charge is -2.32. The van der Waals surface area contributed by atoms with Gasteiger partial charge in [-0.15, -0.1) is 0 Å². The number of carbonyl (C=O) groups excluding carboxylic acids is 4. The summed E-state index contributed by atoms with van der Waals surface area (Å²) in [5, 5.41) is 2.45. The molecule has 14 heteroatoms. The van der Waals surface area contributed by atoms with Crippen LogP contribution in [0.5, 0.6) is 11.5 Å². The number of nitrogens with two attached hydrogens (primary N) is 2. The molecule has 206 valence electrons. The number of amides is 3. The van der Waals surface area contributed by atoms with Crippen molar-refractivity contribution in [2.45, 2.75) is 13.0 Å². The summed E-state index contributed by atoms with van der Waals surface area (Å²) in [6.45, 7) is 1.20. The number of aromatic nitrogens is 1. The summed E-state index contributed by atoms with van der Waals surface area (Å²) in [7, 11) is 2.78. The van der Waals surface area contributed by atoms with Crippen molar-refractivity contribution in [2.75, 3.05) is 38.0 Å². The monoisotopic (exact) mass is 559 g/mol. The number of rotatable bonds is 11. The van der Waals surface area contributed by atoms with E-state index in [1.165, 1.54) is 44.6 Å². The van der Waals surface area contributed by atoms with Gasteiger partial charge >= 0.3 is 5.97 Å². The summed E-state index contributed by atoms with van der Waals surface area (Å²) in [5.74, 6) is -3.37. The minimum absolute atomic E-state index is 0.0939. The van der Waals surface area contributed by atoms with Gasteiger partial charge in [0, 0.05) is 6.07 Å². The van der Waals surface area contributed by atoms with Crippen molar-refractivity contribution in [3.05, 3.63) is 64.4 Å². The summed E-state index contributed by atoms with van der Waals surface area (Å²) in [4.78, 5) is 52.3. The number of esters is 1. The van der Waals surface area contributed by atoms with Crippen LogP contribution < -0.4 is 31.2 Å². The van der Waals surface area contributed by atoms with Crippen molar-refractivity contribution in [3.8, 4) is 11.5 Å². The first kappa shape index (κ1) is 28.8. The number of benzene rings is 2. The molecule has 0 saturated carbocycles. The third-order valence-corrected chi connectivity index (χ3v) is 6.28. The Labute approximate surface area is 226 Å². The zero-order valence-corrected chi connectivity index (χ0v) is 22.0. The zero-order chi connectivity index (χ0) is 28.7. The Kier molecular flexibility index (Phi) is 9.38. The largest absolute Gasteiger partial charge is 0.497 e. The molecule has 0 saturated heterocycles. The van der Waals surface area contributed by atoms with Crippen LogP contribution in [-0.2, 0) is 14.3 Å². The minimum Gasteiger partial charge on any atom is -0.497 e. The lowest BCUT2D eigenvalue weighted by molar-refractivity contribution is -0.143. The molecule has 1 unspecified atom stereocenters. The van der Waals surface area contributed by atoms with Crippen LogP contribution in [0.1, 0.15) is 38.7 Å². The molecular weight excluding hydrogens is 533 g/mol. The Balaban J connectivity index is 2.24. The maximum absolute atomic E-state index is 14.1. The maximum Gasteiger partial charge on any atom is 0.325 e. The van der Waals surface area contributed by atoms with Crippen LogP contribution in [0.2, 0.25) is 0 Å². The second kappa shape index (κ2) is 12.7. The topological polar surface area (TPSA) is 176 Å². The van der Waals surface area contributed by atoms with Crippen molar-refractivity contribution >= 4 is 46.6 Å². The van der Waals surface area contributed by atoms with Gasteiger partial charge in [-0.25, -0.2) is 4.39 Å². The predicted octanol–water partition coefficient (Wildman–Crippen LogP) is 2.05. The van der Waals surface area contributed by atoms with Crippen molar-refractivity contribution in [2.24, 2.45) is 5.73 Å². The molecule has 0 aliphatic carbocycles. The fourth-order valence-corrected chi connectivity index (χ4v) is 4.36. The molecule has 12 nitrogen and oxygen atoms in total. The third kappa shape index (κ3) is 6.41. The van der Waals surface area contributed by atoms with Gasteiger partial charge in [-0.05, 0) is 48.3 Å². The Morgan fingerprint density at radius 1 is 1.10 bits per heavy atom. The number of hydrogen-bond acceptors (Lipinski definition) is 10. The summed E-state index contributed by atoms with van der Waals surface area (Å²) >= 11 is 0.610. The molecule has 3 amide bonds. The molecule has 0 bridgehead atoms. The van der Waals surface area contributed by atoms with Crippen molar-refractivity contribution < 1.29 is 37.8 Å². The maximum atomic E-state index is 14.1. The minimum atomic E-state index is -1.48. The van der Waals surface area contributed by atoms with Gasteiger partial charge in [0.05, 0.1) is 32.2 Å². The Bertz CT molecular complexity index is 1380. The highest BCUT2D eigenvalue weighted by Crippen LogP contribution is 2.39. The van der Waals surface area contributed by atoms with Crippen LogP contribution in [0.4, 0.5) is 15.8 Å². The third-order valence-electron chi connectivity index (χ3n) is 5.43. The van der Waals surface area contributed by atoms with Crippen molar-refractivity contribution in [1.29, 1.82) is 0 Å². The highest BCUT2D eigenvalue weighted by molar-refractivity contribution is 7.09. The van der Waals surface area contributed by atoms with Gasteiger partial charge in [0.25, 0.3) is 11.8 Å². The molecule has 0 spiro atoms. The fraction of sp³-hybridized carbons (Fsp3) is 0.240. The second-order valence-electron chi connectivity index (χ2n) is 7.83. The molecule has 2 aromatic carbocycles. The first-order chi connectivity index (χ1) is 18.6. The van der Waals surface area contributed by atoms with E-state index >= 15 is 0 Å². The van der Waals surface area contributed by atoms with E-state index in [0.717, 1.165) is 17.0 Å². The number of primary amides is 1. The van der Waals surface area contributed by atoms with Crippen LogP contribution in [0.25, 0.3) is 0 Å². The number of anilines is 2. The number of methoxy groups -OCH3 is 2. The number of hydrogen-bond donors (Lipinski definition) is 3. The van der Waals surface area contributed by atoms with Crippen LogP contribution >= 0.6 is 11.5 Å². The Morgan fingerprint density at radius 3 is 2.36 bits per heavy atom. The van der Waals surface area contributed by atoms with Crippen LogP contribution in [0, 0.1) is 5.82 Å². The first-order valence-corrected chi connectivity index (χ1v) is 12.2. The lowest BCUT2D eigenvalue weighted by Crippen LogP contribution is -2.45. The molecule has 3 aromatic rings. The van der Waals surface area contributed by atoms with Gasteiger partial charge in [-0.3, -0.25) is 24.1 Å². The quantitative estimate of drug-likeness (QED) is 0.297. The number of nitrogen functional groups attached to an aromatic ring is 1. The molecule has 1 aromatic heterocycles. The van der Waals surface area contributed by atoms with Gasteiger partial charge in [-0.2, -0.15) is 4.37 Å². The van der Waals surface area contributed by atoms with E-state index in [2.05, 4.69) is 9.69 Å². The molecule has 0 aliphatic rings. The zero-order valence-electron chi connectivity index (χ0n) is 21.2. The number of nitrogens with zero attached hydrogens (tertiary/aromatic N) is 2. The van der Waals surface area contributed by atoms with E-state index in [-0.39, 0.29) is 39.9 Å². The standard InChI is InChI=1S/C25H26FN5O7S/c1-4-38-18(32)12-29-24(34)21(13-5-7-14(26)8-6-13)31(16-10-9-15(36-2)11-17(16)37-3)25(35)22-19(27)20(23(28)33)30-39-22/h5-11,21H,4,12,27H2,1-3H3,(H2,28,33)(H,29,34). The normalized spacial score (nSPS) is 11.3. The highest BCUT2D eigenvalue weighted by Gasteiger charge is 2.37. The first-order valence-electron chi connectivity index (χ1n) is 11.4. The molecule has 0 radical (unpaired) electrons. The van der Waals surface area contributed by atoms with E-state index in [9.17, 15) is 23.6 Å². The van der Waals surface area contributed by atoms with Gasteiger partial charge < -0.3 is 31.0 Å². The van der Waals surface area contributed by atoms with Crippen LogP contribution in [-0.4, -0.2) is 55.4 Å². The highest BCUT2D eigenvalue weighted by atomic mass is 32.1. The number of carbonyl (C=O) groups is 4. The molecular formula is C25H26FN5O7S. The average Bonchev–Trinajstić information content (AvgIpc) is 3.32. The van der Waals surface area contributed by atoms with Gasteiger partial charge in [0.2, 0.25) is 5.91 Å². The molecule has 5 N–H and O–H groups in total. The van der Waals surface area contributed by atoms with Gasteiger partial charge in [0.1, 0.15) is 34.8 Å². The van der Waals surface area contributed by atoms with Crippen LogP contribution in [0.15, 0.2) is 42.5 Å². The van der Waals surface area contributed by atoms with E-state index in [1.807, 2.05) is 0 Å². The number of nitrogens with one attached hydrogen (secondary N) is 1. The molecule has 3 rings (SSSR count). The smallest absolute Gasteiger partial charge is 0.325 e.